The van der Waals surface area contributed by atoms with Crippen molar-refractivity contribution in [2.45, 2.75) is 51.2 Å². The molecular formula is C26H27N5O3. The molecule has 8 heteroatoms. The average molecular weight is 458 g/mol. The van der Waals surface area contributed by atoms with E-state index in [1.54, 1.807) is 19.1 Å². The summed E-state index contributed by atoms with van der Waals surface area (Å²) in [5.41, 5.74) is 8.54. The highest BCUT2D eigenvalue weighted by Crippen LogP contribution is 2.34. The van der Waals surface area contributed by atoms with Crippen molar-refractivity contribution < 1.29 is 14.0 Å². The standard InChI is InChI=1S/C26H27N5O3/c1-16-28-25(34-31-16)23-12-13-24(30-29-23)33-21-10-6-18(7-11-21)26(2,3)17-4-8-20(9-5-17)32-22-14-19(27)15-22/h4-13,19,22H,14-15,27H2,1-3H3/t19-,22-. The van der Waals surface area contributed by atoms with Crippen LogP contribution >= 0.6 is 0 Å². The third kappa shape index (κ3) is 4.63. The summed E-state index contributed by atoms with van der Waals surface area (Å²) < 4.78 is 16.9. The minimum absolute atomic E-state index is 0.181. The molecule has 2 aromatic heterocycles. The summed E-state index contributed by atoms with van der Waals surface area (Å²) in [4.78, 5) is 4.15. The minimum atomic E-state index is -0.181. The molecule has 1 aliphatic carbocycles. The van der Waals surface area contributed by atoms with E-state index in [1.807, 2.05) is 24.3 Å². The molecule has 5 rings (SSSR count). The normalized spacial score (nSPS) is 17.8. The van der Waals surface area contributed by atoms with Crippen LogP contribution in [0.25, 0.3) is 11.6 Å². The van der Waals surface area contributed by atoms with Gasteiger partial charge in [-0.05, 0) is 61.2 Å². The van der Waals surface area contributed by atoms with Crippen molar-refractivity contribution in [3.05, 3.63) is 77.6 Å². The SMILES string of the molecule is Cc1noc(-c2ccc(Oc3ccc(C(C)(C)c4ccc(O[C@H]5C[C@H](N)C5)cc4)cc3)nn2)n1. The molecule has 34 heavy (non-hydrogen) atoms. The highest BCUT2D eigenvalue weighted by molar-refractivity contribution is 5.46. The number of aryl methyl sites for hydroxylation is 1. The van der Waals surface area contributed by atoms with Gasteiger partial charge in [-0.2, -0.15) is 4.98 Å². The fraction of sp³-hybridized carbons (Fsp3) is 0.308. The van der Waals surface area contributed by atoms with Crippen molar-refractivity contribution in [1.82, 2.24) is 20.3 Å². The average Bonchev–Trinajstić information content (AvgIpc) is 3.25. The first-order valence-electron chi connectivity index (χ1n) is 11.3. The molecule has 0 radical (unpaired) electrons. The molecule has 0 amide bonds. The number of benzene rings is 2. The van der Waals surface area contributed by atoms with Crippen LogP contribution in [0, 0.1) is 6.92 Å². The van der Waals surface area contributed by atoms with Crippen LogP contribution in [0.5, 0.6) is 17.4 Å². The molecule has 1 fully saturated rings. The Kier molecular flexibility index (Phi) is 5.75. The van der Waals surface area contributed by atoms with Gasteiger partial charge in [-0.3, -0.25) is 0 Å². The van der Waals surface area contributed by atoms with E-state index in [2.05, 4.69) is 58.5 Å². The first kappa shape index (κ1) is 22.0. The summed E-state index contributed by atoms with van der Waals surface area (Å²) in [6, 6.07) is 20.1. The lowest BCUT2D eigenvalue weighted by atomic mass is 9.78. The number of rotatable bonds is 7. The first-order chi connectivity index (χ1) is 16.4. The Bertz CT molecular complexity index is 1250. The fourth-order valence-electron chi connectivity index (χ4n) is 3.96. The van der Waals surface area contributed by atoms with Crippen LogP contribution in [0.4, 0.5) is 0 Å². The number of hydrogen-bond donors (Lipinski definition) is 1. The van der Waals surface area contributed by atoms with Gasteiger partial charge in [0.25, 0.3) is 5.89 Å². The van der Waals surface area contributed by atoms with Crippen molar-refractivity contribution in [3.8, 4) is 29.0 Å². The summed E-state index contributed by atoms with van der Waals surface area (Å²) in [7, 11) is 0. The van der Waals surface area contributed by atoms with Crippen LogP contribution in [0.15, 0.2) is 65.2 Å². The van der Waals surface area contributed by atoms with E-state index in [0.29, 0.717) is 29.0 Å². The van der Waals surface area contributed by atoms with Gasteiger partial charge < -0.3 is 19.7 Å². The predicted octanol–water partition coefficient (Wildman–Crippen LogP) is 4.82. The minimum Gasteiger partial charge on any atom is -0.490 e. The van der Waals surface area contributed by atoms with E-state index >= 15 is 0 Å². The molecule has 2 N–H and O–H groups in total. The van der Waals surface area contributed by atoms with Gasteiger partial charge in [0, 0.05) is 17.5 Å². The maximum absolute atomic E-state index is 5.98. The molecule has 1 aliphatic rings. The second-order valence-corrected chi connectivity index (χ2v) is 9.15. The Morgan fingerprint density at radius 1 is 0.882 bits per heavy atom. The van der Waals surface area contributed by atoms with Crippen LogP contribution in [-0.4, -0.2) is 32.5 Å². The van der Waals surface area contributed by atoms with Crippen molar-refractivity contribution in [3.63, 3.8) is 0 Å². The number of nitrogens with two attached hydrogens (primary N) is 1. The van der Waals surface area contributed by atoms with Gasteiger partial charge in [0.1, 0.15) is 17.6 Å². The maximum atomic E-state index is 5.98. The van der Waals surface area contributed by atoms with Gasteiger partial charge in [0.15, 0.2) is 11.5 Å². The smallest absolute Gasteiger partial charge is 0.278 e. The zero-order valence-corrected chi connectivity index (χ0v) is 19.4. The van der Waals surface area contributed by atoms with Gasteiger partial charge in [0.2, 0.25) is 5.88 Å². The van der Waals surface area contributed by atoms with E-state index in [4.69, 9.17) is 19.7 Å². The Labute approximate surface area is 198 Å². The maximum Gasteiger partial charge on any atom is 0.278 e. The molecule has 1 saturated carbocycles. The molecule has 2 aromatic carbocycles. The van der Waals surface area contributed by atoms with E-state index < -0.39 is 0 Å². The number of ether oxygens (including phenoxy) is 2. The first-order valence-corrected chi connectivity index (χ1v) is 11.3. The Morgan fingerprint density at radius 3 is 2.06 bits per heavy atom. The lowest BCUT2D eigenvalue weighted by molar-refractivity contribution is 0.101. The summed E-state index contributed by atoms with van der Waals surface area (Å²) in [5.74, 6) is 2.83. The molecule has 0 unspecified atom stereocenters. The number of nitrogens with zero attached hydrogens (tertiary/aromatic N) is 4. The van der Waals surface area contributed by atoms with Crippen LogP contribution in [0.3, 0.4) is 0 Å². The van der Waals surface area contributed by atoms with Crippen molar-refractivity contribution in [2.24, 2.45) is 5.73 Å². The predicted molar refractivity (Wildman–Crippen MR) is 127 cm³/mol. The highest BCUT2D eigenvalue weighted by atomic mass is 16.5. The molecule has 0 atom stereocenters. The second kappa shape index (κ2) is 8.87. The monoisotopic (exact) mass is 457 g/mol. The molecular weight excluding hydrogens is 430 g/mol. The van der Waals surface area contributed by atoms with Crippen LogP contribution in [0.1, 0.15) is 43.6 Å². The van der Waals surface area contributed by atoms with Gasteiger partial charge in [-0.1, -0.05) is 43.3 Å². The largest absolute Gasteiger partial charge is 0.490 e. The summed E-state index contributed by atoms with van der Waals surface area (Å²) in [6.07, 6.45) is 2.09. The van der Waals surface area contributed by atoms with E-state index in [-0.39, 0.29) is 17.6 Å². The quantitative estimate of drug-likeness (QED) is 0.421. The number of hydrogen-bond acceptors (Lipinski definition) is 8. The molecule has 8 nitrogen and oxygen atoms in total. The Hall–Kier alpha value is -3.78. The van der Waals surface area contributed by atoms with Crippen LogP contribution < -0.4 is 15.2 Å². The van der Waals surface area contributed by atoms with E-state index in [1.165, 1.54) is 11.1 Å². The van der Waals surface area contributed by atoms with E-state index in [9.17, 15) is 0 Å². The summed E-state index contributed by atoms with van der Waals surface area (Å²) in [5, 5.41) is 12.0. The number of aromatic nitrogens is 4. The molecule has 0 bridgehead atoms. The molecule has 0 saturated heterocycles. The van der Waals surface area contributed by atoms with E-state index in [0.717, 1.165) is 18.6 Å². The van der Waals surface area contributed by atoms with Crippen molar-refractivity contribution in [1.29, 1.82) is 0 Å². The van der Waals surface area contributed by atoms with Gasteiger partial charge in [-0.25, -0.2) is 0 Å². The molecule has 4 aromatic rings. The Morgan fingerprint density at radius 2 is 1.53 bits per heavy atom. The fourth-order valence-corrected chi connectivity index (χ4v) is 3.96. The molecule has 0 spiro atoms. The molecule has 0 aliphatic heterocycles. The second-order valence-electron chi connectivity index (χ2n) is 9.15. The lowest BCUT2D eigenvalue weighted by Gasteiger charge is -2.33. The summed E-state index contributed by atoms with van der Waals surface area (Å²) >= 11 is 0. The zero-order chi connectivity index (χ0) is 23.7. The zero-order valence-electron chi connectivity index (χ0n) is 19.4. The van der Waals surface area contributed by atoms with Crippen molar-refractivity contribution in [2.75, 3.05) is 0 Å². The highest BCUT2D eigenvalue weighted by Gasteiger charge is 2.28. The van der Waals surface area contributed by atoms with Gasteiger partial charge >= 0.3 is 0 Å². The topological polar surface area (TPSA) is 109 Å². The Balaban J connectivity index is 1.24. The van der Waals surface area contributed by atoms with Crippen LogP contribution in [0.2, 0.25) is 0 Å². The van der Waals surface area contributed by atoms with Crippen LogP contribution in [-0.2, 0) is 5.41 Å². The molecule has 174 valence electrons. The van der Waals surface area contributed by atoms with Gasteiger partial charge in [0.05, 0.1) is 0 Å². The van der Waals surface area contributed by atoms with Gasteiger partial charge in [-0.15, -0.1) is 10.2 Å². The third-order valence-electron chi connectivity index (χ3n) is 6.20. The third-order valence-corrected chi connectivity index (χ3v) is 6.20. The van der Waals surface area contributed by atoms with Crippen molar-refractivity contribution >= 4 is 0 Å². The lowest BCUT2D eigenvalue weighted by Crippen LogP contribution is -2.43. The summed E-state index contributed by atoms with van der Waals surface area (Å²) in [6.45, 7) is 6.15. The molecule has 2 heterocycles.